The molecule has 0 radical (unpaired) electrons. The highest BCUT2D eigenvalue weighted by molar-refractivity contribution is 6.34. The van der Waals surface area contributed by atoms with Gasteiger partial charge in [0.25, 0.3) is 29.1 Å². The van der Waals surface area contributed by atoms with Gasteiger partial charge in [0, 0.05) is 35.5 Å². The average Bonchev–Trinajstić information content (AvgIpc) is 3.03. The maximum absolute atomic E-state index is 12.9. The summed E-state index contributed by atoms with van der Waals surface area (Å²) in [5.41, 5.74) is 0.144. The van der Waals surface area contributed by atoms with Crippen LogP contribution in [0.5, 0.6) is 0 Å². The Hall–Kier alpha value is -4.93. The standard InChI is InChI=1S/C21H12N4O7/c26-19(12-4-7-14(8-5-12)24(29)30)22-13-6-9-17-18(10-13)21(28)23(20(17)27)15-2-1-3-16(11-15)25(31)32/h1-11H,(H,22,26). The fraction of sp³-hybridized carbons (Fsp3) is 0. The van der Waals surface area contributed by atoms with Crippen molar-refractivity contribution in [1.29, 1.82) is 0 Å². The Labute approximate surface area is 179 Å². The second-order valence-corrected chi connectivity index (χ2v) is 6.74. The molecule has 11 heteroatoms. The van der Waals surface area contributed by atoms with Gasteiger partial charge in [0.2, 0.25) is 0 Å². The van der Waals surface area contributed by atoms with E-state index in [0.717, 1.165) is 11.0 Å². The molecular formula is C21H12N4O7. The molecule has 4 rings (SSSR count). The Kier molecular flexibility index (Phi) is 4.91. The van der Waals surface area contributed by atoms with Gasteiger partial charge < -0.3 is 5.32 Å². The lowest BCUT2D eigenvalue weighted by molar-refractivity contribution is -0.385. The first-order chi connectivity index (χ1) is 15.3. The number of nitro benzene ring substituents is 2. The van der Waals surface area contributed by atoms with Crippen molar-refractivity contribution in [3.8, 4) is 0 Å². The van der Waals surface area contributed by atoms with Gasteiger partial charge in [0.05, 0.1) is 26.7 Å². The molecular weight excluding hydrogens is 420 g/mol. The van der Waals surface area contributed by atoms with E-state index >= 15 is 0 Å². The number of fused-ring (bicyclic) bond motifs is 1. The number of nitrogens with zero attached hydrogens (tertiary/aromatic N) is 3. The van der Waals surface area contributed by atoms with Crippen LogP contribution < -0.4 is 10.2 Å². The lowest BCUT2D eigenvalue weighted by Gasteiger charge is -2.13. The summed E-state index contributed by atoms with van der Waals surface area (Å²) in [7, 11) is 0. The van der Waals surface area contributed by atoms with E-state index in [9.17, 15) is 34.6 Å². The van der Waals surface area contributed by atoms with E-state index in [0.29, 0.717) is 0 Å². The molecule has 1 heterocycles. The number of hydrogen-bond acceptors (Lipinski definition) is 7. The monoisotopic (exact) mass is 432 g/mol. The Balaban J connectivity index is 1.59. The molecule has 0 aliphatic carbocycles. The molecule has 0 saturated heterocycles. The first kappa shape index (κ1) is 20.3. The lowest BCUT2D eigenvalue weighted by atomic mass is 10.1. The normalized spacial score (nSPS) is 12.4. The van der Waals surface area contributed by atoms with E-state index in [2.05, 4.69) is 5.32 Å². The van der Waals surface area contributed by atoms with E-state index in [1.807, 2.05) is 0 Å². The second-order valence-electron chi connectivity index (χ2n) is 6.74. The molecule has 11 nitrogen and oxygen atoms in total. The molecule has 0 aromatic heterocycles. The van der Waals surface area contributed by atoms with Crippen molar-refractivity contribution in [2.75, 3.05) is 10.2 Å². The molecule has 1 aliphatic heterocycles. The van der Waals surface area contributed by atoms with Crippen molar-refractivity contribution in [1.82, 2.24) is 0 Å². The number of nitrogens with one attached hydrogen (secondary N) is 1. The lowest BCUT2D eigenvalue weighted by Crippen LogP contribution is -2.29. The van der Waals surface area contributed by atoms with Crippen molar-refractivity contribution in [2.45, 2.75) is 0 Å². The molecule has 0 unspecified atom stereocenters. The van der Waals surface area contributed by atoms with E-state index in [1.165, 1.54) is 60.7 Å². The van der Waals surface area contributed by atoms with E-state index in [4.69, 9.17) is 0 Å². The van der Waals surface area contributed by atoms with Crippen LogP contribution in [0.15, 0.2) is 66.7 Å². The number of anilines is 2. The zero-order valence-corrected chi connectivity index (χ0v) is 16.1. The van der Waals surface area contributed by atoms with Gasteiger partial charge in [0.15, 0.2) is 0 Å². The van der Waals surface area contributed by atoms with Gasteiger partial charge in [-0.05, 0) is 36.4 Å². The zero-order valence-electron chi connectivity index (χ0n) is 16.1. The molecule has 0 saturated carbocycles. The summed E-state index contributed by atoms with van der Waals surface area (Å²) in [5, 5.41) is 24.3. The number of imide groups is 1. The quantitative estimate of drug-likeness (QED) is 0.367. The SMILES string of the molecule is O=C(Nc1ccc2c(c1)C(=O)N(c1cccc([N+](=O)[O-])c1)C2=O)c1ccc([N+](=O)[O-])cc1. The molecule has 0 bridgehead atoms. The molecule has 3 amide bonds. The van der Waals surface area contributed by atoms with Gasteiger partial charge in [-0.15, -0.1) is 0 Å². The Bertz CT molecular complexity index is 1320. The Morgan fingerprint density at radius 2 is 1.44 bits per heavy atom. The average molecular weight is 432 g/mol. The van der Waals surface area contributed by atoms with Crippen LogP contribution in [0.3, 0.4) is 0 Å². The fourth-order valence-corrected chi connectivity index (χ4v) is 3.24. The van der Waals surface area contributed by atoms with Crippen molar-refractivity contribution < 1.29 is 24.2 Å². The maximum atomic E-state index is 12.9. The predicted molar refractivity (Wildman–Crippen MR) is 112 cm³/mol. The number of carbonyl (C=O) groups excluding carboxylic acids is 3. The molecule has 1 N–H and O–H groups in total. The summed E-state index contributed by atoms with van der Waals surface area (Å²) in [5.74, 6) is -1.89. The summed E-state index contributed by atoms with van der Waals surface area (Å²) in [6.07, 6.45) is 0. The smallest absolute Gasteiger partial charge is 0.271 e. The topological polar surface area (TPSA) is 153 Å². The summed E-state index contributed by atoms with van der Waals surface area (Å²) >= 11 is 0. The predicted octanol–water partition coefficient (Wildman–Crippen LogP) is 3.56. The van der Waals surface area contributed by atoms with Gasteiger partial charge >= 0.3 is 0 Å². The van der Waals surface area contributed by atoms with E-state index < -0.39 is 27.6 Å². The zero-order chi connectivity index (χ0) is 23.0. The molecule has 0 spiro atoms. The highest BCUT2D eigenvalue weighted by Crippen LogP contribution is 2.32. The van der Waals surface area contributed by atoms with Crippen LogP contribution >= 0.6 is 0 Å². The third-order valence-electron chi connectivity index (χ3n) is 4.78. The molecule has 0 atom stereocenters. The van der Waals surface area contributed by atoms with Crippen LogP contribution in [0.4, 0.5) is 22.7 Å². The van der Waals surface area contributed by atoms with Gasteiger partial charge in [0.1, 0.15) is 0 Å². The minimum atomic E-state index is -0.683. The Morgan fingerprint density at radius 1 is 0.781 bits per heavy atom. The fourth-order valence-electron chi connectivity index (χ4n) is 3.24. The maximum Gasteiger partial charge on any atom is 0.271 e. The summed E-state index contributed by atoms with van der Waals surface area (Å²) in [6, 6.07) is 14.2. The van der Waals surface area contributed by atoms with Crippen molar-refractivity contribution >= 4 is 40.5 Å². The molecule has 158 valence electrons. The third-order valence-corrected chi connectivity index (χ3v) is 4.78. The number of amides is 3. The highest BCUT2D eigenvalue weighted by atomic mass is 16.6. The van der Waals surface area contributed by atoms with Crippen LogP contribution in [-0.4, -0.2) is 27.6 Å². The first-order valence-electron chi connectivity index (χ1n) is 9.09. The Morgan fingerprint density at radius 3 is 2.09 bits per heavy atom. The second kappa shape index (κ2) is 7.72. The molecule has 1 aliphatic rings. The molecule has 3 aromatic carbocycles. The van der Waals surface area contributed by atoms with Crippen molar-refractivity contribution in [3.63, 3.8) is 0 Å². The highest BCUT2D eigenvalue weighted by Gasteiger charge is 2.37. The molecule has 32 heavy (non-hydrogen) atoms. The summed E-state index contributed by atoms with van der Waals surface area (Å²) < 4.78 is 0. The molecule has 3 aromatic rings. The third kappa shape index (κ3) is 3.54. The van der Waals surface area contributed by atoms with Gasteiger partial charge in [-0.1, -0.05) is 6.07 Å². The van der Waals surface area contributed by atoms with Gasteiger partial charge in [-0.3, -0.25) is 34.6 Å². The number of non-ortho nitro benzene ring substituents is 2. The summed E-state index contributed by atoms with van der Waals surface area (Å²) in [6.45, 7) is 0. The van der Waals surface area contributed by atoms with Crippen LogP contribution in [0.1, 0.15) is 31.1 Å². The van der Waals surface area contributed by atoms with E-state index in [-0.39, 0.29) is 39.4 Å². The minimum Gasteiger partial charge on any atom is -0.322 e. The summed E-state index contributed by atoms with van der Waals surface area (Å²) in [4.78, 5) is 59.4. The number of carbonyl (C=O) groups is 3. The van der Waals surface area contributed by atoms with Crippen LogP contribution in [-0.2, 0) is 0 Å². The van der Waals surface area contributed by atoms with Gasteiger partial charge in [-0.25, -0.2) is 4.90 Å². The molecule has 0 fully saturated rings. The minimum absolute atomic E-state index is 0.0306. The number of benzene rings is 3. The van der Waals surface area contributed by atoms with Crippen LogP contribution in [0.2, 0.25) is 0 Å². The number of nitro groups is 2. The number of rotatable bonds is 5. The van der Waals surface area contributed by atoms with E-state index in [1.54, 1.807) is 0 Å². The first-order valence-corrected chi connectivity index (χ1v) is 9.09. The van der Waals surface area contributed by atoms with Crippen molar-refractivity contribution in [2.24, 2.45) is 0 Å². The van der Waals surface area contributed by atoms with Crippen LogP contribution in [0.25, 0.3) is 0 Å². The largest absolute Gasteiger partial charge is 0.322 e. The number of hydrogen-bond donors (Lipinski definition) is 1. The van der Waals surface area contributed by atoms with Crippen molar-refractivity contribution in [3.05, 3.63) is 104 Å². The van der Waals surface area contributed by atoms with Gasteiger partial charge in [-0.2, -0.15) is 0 Å². The van der Waals surface area contributed by atoms with Crippen LogP contribution in [0, 0.1) is 20.2 Å².